The van der Waals surface area contributed by atoms with E-state index >= 15 is 0 Å². The molecule has 112 valence electrons. The second kappa shape index (κ2) is 5.78. The third-order valence-electron chi connectivity index (χ3n) is 3.23. The highest BCUT2D eigenvalue weighted by Crippen LogP contribution is 2.33. The molecule has 0 aliphatic carbocycles. The molecule has 1 heterocycles. The van der Waals surface area contributed by atoms with Gasteiger partial charge in [-0.25, -0.2) is 0 Å². The summed E-state index contributed by atoms with van der Waals surface area (Å²) in [6.07, 6.45) is 0. The number of aliphatic carboxylic acids is 1. The number of carboxylic acids is 1. The number of benzene rings is 1. The topological polar surface area (TPSA) is 110 Å². The number of ether oxygens (including phenoxy) is 1. The van der Waals surface area contributed by atoms with Crippen molar-refractivity contribution in [1.29, 1.82) is 0 Å². The Hall–Kier alpha value is -2.64. The van der Waals surface area contributed by atoms with Gasteiger partial charge in [-0.1, -0.05) is 6.07 Å². The molecule has 1 saturated heterocycles. The van der Waals surface area contributed by atoms with Gasteiger partial charge in [-0.3, -0.25) is 19.7 Å². The first-order valence-corrected chi connectivity index (χ1v) is 6.38. The molecule has 1 aliphatic heterocycles. The minimum absolute atomic E-state index is 0.0752. The predicted octanol–water partition coefficient (Wildman–Crippen LogP) is 1.15. The van der Waals surface area contributed by atoms with E-state index in [-0.39, 0.29) is 36.7 Å². The van der Waals surface area contributed by atoms with Gasteiger partial charge in [0.15, 0.2) is 0 Å². The van der Waals surface area contributed by atoms with Crippen LogP contribution >= 0.6 is 0 Å². The first-order chi connectivity index (χ1) is 9.95. The van der Waals surface area contributed by atoms with Gasteiger partial charge in [0.1, 0.15) is 0 Å². The number of amides is 1. The van der Waals surface area contributed by atoms with E-state index in [2.05, 4.69) is 0 Å². The first kappa shape index (κ1) is 14.8. The molecule has 8 nitrogen and oxygen atoms in total. The molecule has 0 atom stereocenters. The molecule has 1 amide bonds. The lowest BCUT2D eigenvalue weighted by atomic mass is 9.99. The van der Waals surface area contributed by atoms with Crippen LogP contribution in [-0.4, -0.2) is 46.5 Å². The zero-order valence-electron chi connectivity index (χ0n) is 11.3. The Morgan fingerprint density at radius 1 is 1.48 bits per heavy atom. The second-order valence-corrected chi connectivity index (χ2v) is 4.59. The molecule has 0 unspecified atom stereocenters. The van der Waals surface area contributed by atoms with E-state index < -0.39 is 22.7 Å². The Kier molecular flexibility index (Phi) is 4.06. The second-order valence-electron chi connectivity index (χ2n) is 4.59. The number of carboxylic acid groups (broad SMARTS) is 1. The Morgan fingerprint density at radius 2 is 2.14 bits per heavy atom. The number of likely N-dealkylation sites (tertiary alicyclic amines) is 1. The molecule has 1 aromatic rings. The quantitative estimate of drug-likeness (QED) is 0.644. The van der Waals surface area contributed by atoms with Gasteiger partial charge in [-0.2, -0.15) is 0 Å². The summed E-state index contributed by atoms with van der Waals surface area (Å²) >= 11 is 0. The van der Waals surface area contributed by atoms with E-state index in [1.807, 2.05) is 0 Å². The number of nitro benzene ring substituents is 1. The van der Waals surface area contributed by atoms with Crippen LogP contribution in [0.4, 0.5) is 5.69 Å². The molecule has 1 N–H and O–H groups in total. The smallest absolute Gasteiger partial charge is 0.311 e. The number of hydrogen-bond donors (Lipinski definition) is 1. The summed E-state index contributed by atoms with van der Waals surface area (Å²) in [6.45, 7) is 2.04. The van der Waals surface area contributed by atoms with E-state index in [1.165, 1.54) is 23.1 Å². The van der Waals surface area contributed by atoms with Crippen molar-refractivity contribution in [3.8, 4) is 5.75 Å². The molecule has 8 heteroatoms. The lowest BCUT2D eigenvalue weighted by molar-refractivity contribution is -0.385. The molecule has 0 radical (unpaired) electrons. The number of hydrogen-bond acceptors (Lipinski definition) is 5. The van der Waals surface area contributed by atoms with Crippen LogP contribution in [0.1, 0.15) is 17.3 Å². The van der Waals surface area contributed by atoms with Gasteiger partial charge >= 0.3 is 11.7 Å². The van der Waals surface area contributed by atoms with Crippen molar-refractivity contribution in [2.75, 3.05) is 19.7 Å². The number of carbonyl (C=O) groups is 2. The number of para-hydroxylation sites is 1. The van der Waals surface area contributed by atoms with E-state index in [4.69, 9.17) is 9.84 Å². The van der Waals surface area contributed by atoms with Gasteiger partial charge in [0, 0.05) is 19.2 Å². The number of carbonyl (C=O) groups excluding carboxylic acids is 1. The summed E-state index contributed by atoms with van der Waals surface area (Å²) in [5.41, 5.74) is -0.201. The fourth-order valence-corrected chi connectivity index (χ4v) is 2.10. The zero-order chi connectivity index (χ0) is 15.6. The highest BCUT2D eigenvalue weighted by molar-refractivity contribution is 5.99. The fraction of sp³-hybridized carbons (Fsp3) is 0.385. The number of nitro groups is 1. The van der Waals surface area contributed by atoms with Crippen LogP contribution in [-0.2, 0) is 4.79 Å². The first-order valence-electron chi connectivity index (χ1n) is 6.38. The maximum absolute atomic E-state index is 12.3. The minimum atomic E-state index is -0.955. The molecule has 1 aromatic carbocycles. The standard InChI is InChI=1S/C13H14N2O6/c1-2-21-11-9(4-3-5-10(11)15(19)20)12(16)14-6-8(7-14)13(17)18/h3-5,8H,2,6-7H2,1H3,(H,17,18). The SMILES string of the molecule is CCOc1c(C(=O)N2CC(C(=O)O)C2)cccc1[N+](=O)[O-]. The van der Waals surface area contributed by atoms with Crippen LogP contribution in [0.3, 0.4) is 0 Å². The molecule has 21 heavy (non-hydrogen) atoms. The summed E-state index contributed by atoms with van der Waals surface area (Å²) < 4.78 is 5.24. The van der Waals surface area contributed by atoms with Crippen LogP contribution < -0.4 is 4.74 Å². The Morgan fingerprint density at radius 3 is 2.67 bits per heavy atom. The lowest BCUT2D eigenvalue weighted by Crippen LogP contribution is -2.53. The minimum Gasteiger partial charge on any atom is -0.487 e. The van der Waals surface area contributed by atoms with Crippen molar-refractivity contribution < 1.29 is 24.4 Å². The van der Waals surface area contributed by atoms with E-state index in [1.54, 1.807) is 6.92 Å². The highest BCUT2D eigenvalue weighted by atomic mass is 16.6. The van der Waals surface area contributed by atoms with E-state index in [0.717, 1.165) is 0 Å². The molecule has 0 saturated carbocycles. The van der Waals surface area contributed by atoms with Gasteiger partial charge in [-0.05, 0) is 13.0 Å². The molecule has 2 rings (SSSR count). The third kappa shape index (κ3) is 2.78. The van der Waals surface area contributed by atoms with E-state index in [0.29, 0.717) is 0 Å². The summed E-state index contributed by atoms with van der Waals surface area (Å²) in [5.74, 6) is -2.07. The third-order valence-corrected chi connectivity index (χ3v) is 3.23. The summed E-state index contributed by atoms with van der Waals surface area (Å²) in [6, 6.07) is 4.11. The summed E-state index contributed by atoms with van der Waals surface area (Å²) in [5, 5.41) is 19.8. The van der Waals surface area contributed by atoms with Crippen molar-refractivity contribution in [2.24, 2.45) is 5.92 Å². The monoisotopic (exact) mass is 294 g/mol. The molecule has 1 aliphatic rings. The van der Waals surface area contributed by atoms with Crippen molar-refractivity contribution in [1.82, 2.24) is 4.90 Å². The van der Waals surface area contributed by atoms with Gasteiger partial charge in [0.05, 0.1) is 23.0 Å². The molecule has 1 fully saturated rings. The predicted molar refractivity (Wildman–Crippen MR) is 71.3 cm³/mol. The summed E-state index contributed by atoms with van der Waals surface area (Å²) in [7, 11) is 0. The Balaban J connectivity index is 2.27. The molecule has 0 spiro atoms. The van der Waals surface area contributed by atoms with Crippen LogP contribution in [0.15, 0.2) is 18.2 Å². The fourth-order valence-electron chi connectivity index (χ4n) is 2.10. The number of nitrogens with zero attached hydrogens (tertiary/aromatic N) is 2. The maximum atomic E-state index is 12.3. The molecular formula is C13H14N2O6. The van der Waals surface area contributed by atoms with Gasteiger partial charge < -0.3 is 14.7 Å². The van der Waals surface area contributed by atoms with Crippen LogP contribution in [0.25, 0.3) is 0 Å². The van der Waals surface area contributed by atoms with Crippen molar-refractivity contribution in [2.45, 2.75) is 6.92 Å². The average molecular weight is 294 g/mol. The molecule has 0 bridgehead atoms. The van der Waals surface area contributed by atoms with Crippen molar-refractivity contribution >= 4 is 17.6 Å². The zero-order valence-corrected chi connectivity index (χ0v) is 11.3. The Labute approximate surface area is 120 Å². The average Bonchev–Trinajstić information content (AvgIpc) is 2.36. The molecule has 0 aromatic heterocycles. The van der Waals surface area contributed by atoms with Gasteiger partial charge in [0.25, 0.3) is 5.91 Å². The maximum Gasteiger partial charge on any atom is 0.311 e. The van der Waals surface area contributed by atoms with Crippen LogP contribution in [0, 0.1) is 16.0 Å². The highest BCUT2D eigenvalue weighted by Gasteiger charge is 2.37. The van der Waals surface area contributed by atoms with E-state index in [9.17, 15) is 19.7 Å². The largest absolute Gasteiger partial charge is 0.487 e. The Bertz CT molecular complexity index is 594. The number of rotatable bonds is 5. The van der Waals surface area contributed by atoms with Gasteiger partial charge in [0.2, 0.25) is 5.75 Å². The molecular weight excluding hydrogens is 280 g/mol. The van der Waals surface area contributed by atoms with Crippen LogP contribution in [0.5, 0.6) is 5.75 Å². The van der Waals surface area contributed by atoms with Crippen molar-refractivity contribution in [3.63, 3.8) is 0 Å². The lowest BCUT2D eigenvalue weighted by Gasteiger charge is -2.36. The summed E-state index contributed by atoms with van der Waals surface area (Å²) in [4.78, 5) is 34.8. The normalized spacial score (nSPS) is 14.4. The van der Waals surface area contributed by atoms with Crippen LogP contribution in [0.2, 0.25) is 0 Å². The van der Waals surface area contributed by atoms with Crippen molar-refractivity contribution in [3.05, 3.63) is 33.9 Å². The van der Waals surface area contributed by atoms with Gasteiger partial charge in [-0.15, -0.1) is 0 Å².